The largest absolute Gasteiger partial charge is 0.483 e. The molecule has 0 aliphatic heterocycles. The average Bonchev–Trinajstić information content (AvgIpc) is 2.99. The second-order valence-corrected chi connectivity index (χ2v) is 6.90. The molecule has 0 aliphatic rings. The van der Waals surface area contributed by atoms with Gasteiger partial charge in [-0.1, -0.05) is 11.6 Å². The van der Waals surface area contributed by atoms with Gasteiger partial charge >= 0.3 is 0 Å². The zero-order valence-corrected chi connectivity index (χ0v) is 17.0. The Labute approximate surface area is 169 Å². The Hall–Kier alpha value is -1.62. The third-order valence-corrected chi connectivity index (χ3v) is 4.08. The van der Waals surface area contributed by atoms with E-state index in [-0.39, 0.29) is 17.5 Å². The second-order valence-electron chi connectivity index (χ2n) is 4.42. The summed E-state index contributed by atoms with van der Waals surface area (Å²) in [4.78, 5) is 23.5. The molecule has 0 saturated carbocycles. The van der Waals surface area contributed by atoms with Crippen molar-refractivity contribution < 1.29 is 18.7 Å². The van der Waals surface area contributed by atoms with E-state index in [0.29, 0.717) is 19.9 Å². The summed E-state index contributed by atoms with van der Waals surface area (Å²) in [7, 11) is 0. The van der Waals surface area contributed by atoms with Gasteiger partial charge in [0.1, 0.15) is 5.75 Å². The summed E-state index contributed by atoms with van der Waals surface area (Å²) in [5, 5.41) is 2.78. The van der Waals surface area contributed by atoms with Gasteiger partial charge in [-0.05, 0) is 74.4 Å². The molecular formula is C14H10Br2ClN3O4S. The number of thiocarbonyl (C=S) groups is 1. The van der Waals surface area contributed by atoms with E-state index < -0.39 is 11.8 Å². The normalized spacial score (nSPS) is 10.0. The molecule has 3 N–H and O–H groups in total. The van der Waals surface area contributed by atoms with Crippen molar-refractivity contribution in [3.63, 3.8) is 0 Å². The summed E-state index contributed by atoms with van der Waals surface area (Å²) in [6.07, 6.45) is 0. The molecule has 2 aromatic rings. The third-order valence-electron chi connectivity index (χ3n) is 2.59. The first-order valence-corrected chi connectivity index (χ1v) is 8.95. The number of amides is 2. The predicted octanol–water partition coefficient (Wildman–Crippen LogP) is 3.17. The van der Waals surface area contributed by atoms with Crippen molar-refractivity contribution in [1.29, 1.82) is 0 Å². The van der Waals surface area contributed by atoms with Crippen LogP contribution in [-0.2, 0) is 4.79 Å². The first kappa shape index (κ1) is 19.7. The molecule has 132 valence electrons. The van der Waals surface area contributed by atoms with Gasteiger partial charge in [-0.25, -0.2) is 0 Å². The van der Waals surface area contributed by atoms with E-state index in [1.165, 1.54) is 6.07 Å². The standard InChI is InChI=1S/C14H10Br2ClN3O4S/c15-8-5-7(17)1-2-9(8)23-6-12(21)19-20-14(25)18-13(22)10-3-4-11(16)24-10/h1-5H,6H2,(H,19,21)(H2,18,20,22,25). The van der Waals surface area contributed by atoms with Gasteiger partial charge < -0.3 is 9.15 Å². The van der Waals surface area contributed by atoms with Crippen LogP contribution in [0.3, 0.4) is 0 Å². The zero-order chi connectivity index (χ0) is 18.4. The van der Waals surface area contributed by atoms with E-state index in [2.05, 4.69) is 48.0 Å². The molecule has 0 unspecified atom stereocenters. The van der Waals surface area contributed by atoms with Crippen molar-refractivity contribution in [1.82, 2.24) is 16.2 Å². The molecule has 0 spiro atoms. The van der Waals surface area contributed by atoms with Crippen LogP contribution in [0.1, 0.15) is 10.6 Å². The van der Waals surface area contributed by atoms with Crippen molar-refractivity contribution in [2.24, 2.45) is 0 Å². The second kappa shape index (κ2) is 9.18. The number of hydrogen-bond donors (Lipinski definition) is 3. The highest BCUT2D eigenvalue weighted by molar-refractivity contribution is 9.10. The highest BCUT2D eigenvalue weighted by Gasteiger charge is 2.12. The number of nitrogens with one attached hydrogen (secondary N) is 3. The lowest BCUT2D eigenvalue weighted by Crippen LogP contribution is -2.49. The van der Waals surface area contributed by atoms with Gasteiger partial charge in [0.2, 0.25) is 0 Å². The highest BCUT2D eigenvalue weighted by Crippen LogP contribution is 2.27. The van der Waals surface area contributed by atoms with Crippen LogP contribution in [0.5, 0.6) is 5.75 Å². The molecule has 0 atom stereocenters. The molecule has 0 radical (unpaired) electrons. The molecule has 1 aromatic heterocycles. The Morgan fingerprint density at radius 2 is 1.96 bits per heavy atom. The summed E-state index contributed by atoms with van der Waals surface area (Å²) in [6.45, 7) is -0.269. The van der Waals surface area contributed by atoms with E-state index in [9.17, 15) is 9.59 Å². The Kier molecular flexibility index (Phi) is 7.24. The Balaban J connectivity index is 1.73. The number of carbonyl (C=O) groups excluding carboxylic acids is 2. The first-order valence-electron chi connectivity index (χ1n) is 6.58. The molecular weight excluding hydrogens is 501 g/mol. The van der Waals surface area contributed by atoms with Crippen LogP contribution in [0, 0.1) is 0 Å². The number of benzene rings is 1. The average molecular weight is 512 g/mol. The van der Waals surface area contributed by atoms with Gasteiger partial charge in [0.05, 0.1) is 4.47 Å². The smallest absolute Gasteiger partial charge is 0.293 e. The Morgan fingerprint density at radius 3 is 2.60 bits per heavy atom. The minimum atomic E-state index is -0.557. The number of carbonyl (C=O) groups is 2. The number of ether oxygens (including phenoxy) is 1. The third kappa shape index (κ3) is 6.31. The monoisotopic (exact) mass is 509 g/mol. The molecule has 0 fully saturated rings. The van der Waals surface area contributed by atoms with E-state index in [1.807, 2.05) is 0 Å². The number of hydrazine groups is 1. The maximum absolute atomic E-state index is 11.8. The molecule has 1 heterocycles. The molecule has 0 aliphatic carbocycles. The Morgan fingerprint density at radius 1 is 1.20 bits per heavy atom. The summed E-state index contributed by atoms with van der Waals surface area (Å²) < 4.78 is 11.4. The first-order chi connectivity index (χ1) is 11.8. The van der Waals surface area contributed by atoms with Crippen LogP contribution in [0.4, 0.5) is 0 Å². The quantitative estimate of drug-likeness (QED) is 0.432. The van der Waals surface area contributed by atoms with E-state index in [0.717, 1.165) is 0 Å². The Bertz CT molecular complexity index is 815. The maximum atomic E-state index is 11.8. The van der Waals surface area contributed by atoms with Gasteiger partial charge in [0.25, 0.3) is 11.8 Å². The lowest BCUT2D eigenvalue weighted by atomic mass is 10.3. The van der Waals surface area contributed by atoms with Crippen molar-refractivity contribution >= 4 is 72.6 Å². The minimum Gasteiger partial charge on any atom is -0.483 e. The summed E-state index contributed by atoms with van der Waals surface area (Å²) in [5.74, 6) is -0.532. The molecule has 0 bridgehead atoms. The van der Waals surface area contributed by atoms with Gasteiger partial charge in [0, 0.05) is 5.02 Å². The summed E-state index contributed by atoms with van der Waals surface area (Å²) in [6, 6.07) is 7.94. The van der Waals surface area contributed by atoms with Crippen LogP contribution in [0.25, 0.3) is 0 Å². The molecule has 11 heteroatoms. The maximum Gasteiger partial charge on any atom is 0.293 e. The molecule has 1 aromatic carbocycles. The lowest BCUT2D eigenvalue weighted by Gasteiger charge is -2.11. The minimum absolute atomic E-state index is 0.0678. The molecule has 2 amide bonds. The van der Waals surface area contributed by atoms with Crippen LogP contribution < -0.4 is 20.9 Å². The number of rotatable bonds is 4. The van der Waals surface area contributed by atoms with Crippen molar-refractivity contribution in [2.75, 3.05) is 6.61 Å². The molecule has 7 nitrogen and oxygen atoms in total. The van der Waals surface area contributed by atoms with Crippen molar-refractivity contribution in [3.8, 4) is 5.75 Å². The lowest BCUT2D eigenvalue weighted by molar-refractivity contribution is -0.123. The topological polar surface area (TPSA) is 92.6 Å². The summed E-state index contributed by atoms with van der Waals surface area (Å²) >= 11 is 17.1. The molecule has 25 heavy (non-hydrogen) atoms. The van der Waals surface area contributed by atoms with Crippen LogP contribution in [0.2, 0.25) is 5.02 Å². The number of hydrogen-bond acceptors (Lipinski definition) is 5. The van der Waals surface area contributed by atoms with E-state index >= 15 is 0 Å². The van der Waals surface area contributed by atoms with Crippen LogP contribution in [0.15, 0.2) is 43.9 Å². The molecule has 0 saturated heterocycles. The van der Waals surface area contributed by atoms with Crippen molar-refractivity contribution in [2.45, 2.75) is 0 Å². The fourth-order valence-corrected chi connectivity index (χ4v) is 2.78. The van der Waals surface area contributed by atoms with Gasteiger partial charge in [-0.15, -0.1) is 0 Å². The van der Waals surface area contributed by atoms with Gasteiger partial charge in [-0.3, -0.25) is 25.8 Å². The van der Waals surface area contributed by atoms with E-state index in [1.54, 1.807) is 24.3 Å². The fraction of sp³-hybridized carbons (Fsp3) is 0.0714. The van der Waals surface area contributed by atoms with Crippen molar-refractivity contribution in [3.05, 3.63) is 50.3 Å². The van der Waals surface area contributed by atoms with Crippen LogP contribution >= 0.6 is 55.7 Å². The van der Waals surface area contributed by atoms with E-state index in [4.69, 9.17) is 33.0 Å². The van der Waals surface area contributed by atoms with Gasteiger partial charge in [0.15, 0.2) is 22.1 Å². The SMILES string of the molecule is O=C(COc1ccc(Cl)cc1Br)NNC(=S)NC(=O)c1ccc(Br)o1. The number of halogens is 3. The van der Waals surface area contributed by atoms with Gasteiger partial charge in [-0.2, -0.15) is 0 Å². The van der Waals surface area contributed by atoms with Crippen LogP contribution in [-0.4, -0.2) is 23.5 Å². The predicted molar refractivity (Wildman–Crippen MR) is 102 cm³/mol. The fourth-order valence-electron chi connectivity index (χ4n) is 1.53. The number of furan rings is 1. The highest BCUT2D eigenvalue weighted by atomic mass is 79.9. The zero-order valence-electron chi connectivity index (χ0n) is 12.3. The summed E-state index contributed by atoms with van der Waals surface area (Å²) in [5.41, 5.74) is 4.68. The molecule has 2 rings (SSSR count).